The van der Waals surface area contributed by atoms with Crippen LogP contribution in [-0.2, 0) is 0 Å². The molecule has 0 heterocycles. The van der Waals surface area contributed by atoms with Gasteiger partial charge in [-0.25, -0.2) is 0 Å². The van der Waals surface area contributed by atoms with Crippen molar-refractivity contribution in [3.05, 3.63) is 12.2 Å². The molecule has 0 radical (unpaired) electrons. The zero-order valence-electron chi connectivity index (χ0n) is 6.01. The first-order chi connectivity index (χ1) is 4.36. The summed E-state index contributed by atoms with van der Waals surface area (Å²) >= 11 is 0. The highest BCUT2D eigenvalue weighted by atomic mass is 14.4. The SMILES string of the molecule is CC1C=CC2CCC2C1. The first-order valence-electron chi connectivity index (χ1n) is 4.04. The van der Waals surface area contributed by atoms with Gasteiger partial charge in [0.2, 0.25) is 0 Å². The summed E-state index contributed by atoms with van der Waals surface area (Å²) in [7, 11) is 0. The summed E-state index contributed by atoms with van der Waals surface area (Å²) < 4.78 is 0. The van der Waals surface area contributed by atoms with Gasteiger partial charge in [-0.05, 0) is 37.0 Å². The van der Waals surface area contributed by atoms with Gasteiger partial charge in [-0.15, -0.1) is 0 Å². The second-order valence-corrected chi connectivity index (χ2v) is 3.60. The summed E-state index contributed by atoms with van der Waals surface area (Å²) in [6.07, 6.45) is 9.25. The Morgan fingerprint density at radius 2 is 2.11 bits per heavy atom. The van der Waals surface area contributed by atoms with Crippen LogP contribution < -0.4 is 0 Å². The molecule has 0 amide bonds. The number of allylic oxidation sites excluding steroid dienone is 2. The maximum Gasteiger partial charge on any atom is -0.0205 e. The van der Waals surface area contributed by atoms with Gasteiger partial charge in [-0.1, -0.05) is 19.1 Å². The molecule has 2 rings (SSSR count). The predicted octanol–water partition coefficient (Wildman–Crippen LogP) is 2.61. The Balaban J connectivity index is 2.07. The lowest BCUT2D eigenvalue weighted by atomic mass is 9.67. The highest BCUT2D eigenvalue weighted by Crippen LogP contribution is 2.42. The first kappa shape index (κ1) is 5.52. The zero-order chi connectivity index (χ0) is 6.27. The van der Waals surface area contributed by atoms with E-state index in [2.05, 4.69) is 19.1 Å². The molecule has 0 saturated heterocycles. The van der Waals surface area contributed by atoms with Crippen LogP contribution in [0.2, 0.25) is 0 Å². The van der Waals surface area contributed by atoms with Crippen molar-refractivity contribution in [2.45, 2.75) is 26.2 Å². The molecule has 0 aromatic carbocycles. The lowest BCUT2D eigenvalue weighted by Gasteiger charge is -2.39. The maximum atomic E-state index is 2.43. The van der Waals surface area contributed by atoms with Crippen LogP contribution in [0.15, 0.2) is 12.2 Å². The lowest BCUT2D eigenvalue weighted by molar-refractivity contribution is 0.182. The van der Waals surface area contributed by atoms with Gasteiger partial charge in [0, 0.05) is 0 Å². The van der Waals surface area contributed by atoms with Crippen LogP contribution in [0.4, 0.5) is 0 Å². The van der Waals surface area contributed by atoms with Crippen molar-refractivity contribution in [3.63, 3.8) is 0 Å². The van der Waals surface area contributed by atoms with Gasteiger partial charge in [0.05, 0.1) is 0 Å². The summed E-state index contributed by atoms with van der Waals surface area (Å²) in [5.41, 5.74) is 0. The summed E-state index contributed by atoms with van der Waals surface area (Å²) in [6, 6.07) is 0. The van der Waals surface area contributed by atoms with Crippen LogP contribution in [0, 0.1) is 17.8 Å². The second kappa shape index (κ2) is 1.86. The van der Waals surface area contributed by atoms with E-state index in [-0.39, 0.29) is 0 Å². The molecular formula is C9H14. The maximum absolute atomic E-state index is 2.43. The molecular weight excluding hydrogens is 108 g/mol. The standard InChI is InChI=1S/C9H14/c1-7-2-3-8-4-5-9(8)6-7/h2-3,7-9H,4-6H2,1H3. The highest BCUT2D eigenvalue weighted by molar-refractivity contribution is 5.04. The molecule has 0 aromatic rings. The van der Waals surface area contributed by atoms with Crippen molar-refractivity contribution in [3.8, 4) is 0 Å². The van der Waals surface area contributed by atoms with Gasteiger partial charge >= 0.3 is 0 Å². The van der Waals surface area contributed by atoms with Gasteiger partial charge in [0.1, 0.15) is 0 Å². The molecule has 9 heavy (non-hydrogen) atoms. The minimum Gasteiger partial charge on any atom is -0.0854 e. The fourth-order valence-electron chi connectivity index (χ4n) is 2.03. The molecule has 0 spiro atoms. The lowest BCUT2D eigenvalue weighted by Crippen LogP contribution is -2.28. The van der Waals surface area contributed by atoms with E-state index in [1.807, 2.05) is 0 Å². The molecule has 2 aliphatic rings. The zero-order valence-corrected chi connectivity index (χ0v) is 6.01. The Morgan fingerprint density at radius 1 is 1.22 bits per heavy atom. The summed E-state index contributed by atoms with van der Waals surface area (Å²) in [5, 5.41) is 0. The third kappa shape index (κ3) is 0.810. The number of hydrogen-bond acceptors (Lipinski definition) is 0. The Hall–Kier alpha value is -0.260. The van der Waals surface area contributed by atoms with Crippen LogP contribution in [0.1, 0.15) is 26.2 Å². The fraction of sp³-hybridized carbons (Fsp3) is 0.778. The van der Waals surface area contributed by atoms with Crippen LogP contribution in [0.5, 0.6) is 0 Å². The van der Waals surface area contributed by atoms with E-state index in [0.29, 0.717) is 0 Å². The molecule has 0 N–H and O–H groups in total. The second-order valence-electron chi connectivity index (χ2n) is 3.60. The number of hydrogen-bond donors (Lipinski definition) is 0. The minimum atomic E-state index is 0.867. The largest absolute Gasteiger partial charge is 0.0854 e. The van der Waals surface area contributed by atoms with Crippen LogP contribution in [0.25, 0.3) is 0 Å². The van der Waals surface area contributed by atoms with E-state index < -0.39 is 0 Å². The van der Waals surface area contributed by atoms with E-state index in [1.54, 1.807) is 0 Å². The molecule has 0 heteroatoms. The molecule has 2 aliphatic carbocycles. The van der Waals surface area contributed by atoms with Crippen molar-refractivity contribution in [2.75, 3.05) is 0 Å². The molecule has 1 saturated carbocycles. The Bertz CT molecular complexity index is 135. The van der Waals surface area contributed by atoms with E-state index >= 15 is 0 Å². The van der Waals surface area contributed by atoms with E-state index in [1.165, 1.54) is 19.3 Å². The van der Waals surface area contributed by atoms with E-state index in [0.717, 1.165) is 17.8 Å². The molecule has 3 unspecified atom stereocenters. The topological polar surface area (TPSA) is 0 Å². The Labute approximate surface area is 57.0 Å². The smallest absolute Gasteiger partial charge is 0.0205 e. The monoisotopic (exact) mass is 122 g/mol. The van der Waals surface area contributed by atoms with E-state index in [9.17, 15) is 0 Å². The fourth-order valence-corrected chi connectivity index (χ4v) is 2.03. The summed E-state index contributed by atoms with van der Waals surface area (Å²) in [5.74, 6) is 2.93. The average molecular weight is 122 g/mol. The van der Waals surface area contributed by atoms with Crippen molar-refractivity contribution >= 4 is 0 Å². The van der Waals surface area contributed by atoms with Crippen LogP contribution in [-0.4, -0.2) is 0 Å². The molecule has 0 nitrogen and oxygen atoms in total. The van der Waals surface area contributed by atoms with Gasteiger partial charge < -0.3 is 0 Å². The Kier molecular flexibility index (Phi) is 1.14. The van der Waals surface area contributed by atoms with Crippen molar-refractivity contribution < 1.29 is 0 Å². The van der Waals surface area contributed by atoms with Gasteiger partial charge in [-0.2, -0.15) is 0 Å². The molecule has 0 aliphatic heterocycles. The van der Waals surface area contributed by atoms with Crippen LogP contribution >= 0.6 is 0 Å². The predicted molar refractivity (Wildman–Crippen MR) is 39.1 cm³/mol. The van der Waals surface area contributed by atoms with Crippen molar-refractivity contribution in [1.82, 2.24) is 0 Å². The minimum absolute atomic E-state index is 0.867. The summed E-state index contributed by atoms with van der Waals surface area (Å²) in [4.78, 5) is 0. The van der Waals surface area contributed by atoms with Gasteiger partial charge in [0.25, 0.3) is 0 Å². The molecule has 0 aromatic heterocycles. The van der Waals surface area contributed by atoms with Crippen molar-refractivity contribution in [1.29, 1.82) is 0 Å². The highest BCUT2D eigenvalue weighted by Gasteiger charge is 2.31. The van der Waals surface area contributed by atoms with E-state index in [4.69, 9.17) is 0 Å². The third-order valence-electron chi connectivity index (χ3n) is 2.84. The van der Waals surface area contributed by atoms with Gasteiger partial charge in [0.15, 0.2) is 0 Å². The summed E-state index contributed by atoms with van der Waals surface area (Å²) in [6.45, 7) is 2.32. The average Bonchev–Trinajstić information content (AvgIpc) is 1.78. The van der Waals surface area contributed by atoms with Crippen LogP contribution in [0.3, 0.4) is 0 Å². The molecule has 3 atom stereocenters. The first-order valence-corrected chi connectivity index (χ1v) is 4.04. The quantitative estimate of drug-likeness (QED) is 0.433. The molecule has 1 fully saturated rings. The third-order valence-corrected chi connectivity index (χ3v) is 2.84. The number of rotatable bonds is 0. The van der Waals surface area contributed by atoms with Gasteiger partial charge in [-0.3, -0.25) is 0 Å². The molecule has 50 valence electrons. The number of fused-ring (bicyclic) bond motifs is 1. The Morgan fingerprint density at radius 3 is 2.56 bits per heavy atom. The molecule has 0 bridgehead atoms. The van der Waals surface area contributed by atoms with Crippen molar-refractivity contribution in [2.24, 2.45) is 17.8 Å². The normalized spacial score (nSPS) is 47.9.